The highest BCUT2D eigenvalue weighted by Crippen LogP contribution is 2.26. The Morgan fingerprint density at radius 1 is 1.25 bits per heavy atom. The van der Waals surface area contributed by atoms with E-state index in [1.165, 1.54) is 16.6 Å². The highest BCUT2D eigenvalue weighted by Gasteiger charge is 2.26. The summed E-state index contributed by atoms with van der Waals surface area (Å²) >= 11 is 5.80. The largest absolute Gasteiger partial charge is 0.343 e. The molecule has 0 unspecified atom stereocenters. The standard InChI is InChI=1S/C12H17ClN4O2S/c1-3-5-17(6-4-2)20(18,19)10-8-14-12-9(10)7-11(13)15-16-12/h7-8H,3-6H2,1-2H3,(H,14,16). The molecule has 0 aliphatic carbocycles. The fourth-order valence-electron chi connectivity index (χ4n) is 2.08. The molecule has 0 aliphatic heterocycles. The molecule has 0 atom stereocenters. The van der Waals surface area contributed by atoms with Crippen molar-refractivity contribution in [2.24, 2.45) is 0 Å². The first-order chi connectivity index (χ1) is 9.50. The maximum absolute atomic E-state index is 12.7. The molecule has 2 heterocycles. The zero-order valence-corrected chi connectivity index (χ0v) is 13.0. The van der Waals surface area contributed by atoms with Crippen LogP contribution in [0.1, 0.15) is 26.7 Å². The molecule has 2 rings (SSSR count). The lowest BCUT2D eigenvalue weighted by Crippen LogP contribution is -2.32. The van der Waals surface area contributed by atoms with Crippen molar-refractivity contribution in [3.8, 4) is 0 Å². The number of halogens is 1. The van der Waals surface area contributed by atoms with Gasteiger partial charge in [-0.25, -0.2) is 8.42 Å². The second kappa shape index (κ2) is 6.07. The molecule has 0 spiro atoms. The quantitative estimate of drug-likeness (QED) is 0.887. The molecule has 0 aromatic carbocycles. The molecule has 0 bridgehead atoms. The lowest BCUT2D eigenvalue weighted by atomic mass is 10.4. The van der Waals surface area contributed by atoms with E-state index in [2.05, 4.69) is 15.2 Å². The smallest absolute Gasteiger partial charge is 0.245 e. The fraction of sp³-hybridized carbons (Fsp3) is 0.500. The zero-order valence-electron chi connectivity index (χ0n) is 11.4. The van der Waals surface area contributed by atoms with E-state index in [1.54, 1.807) is 0 Å². The molecule has 0 amide bonds. The summed E-state index contributed by atoms with van der Waals surface area (Å²) < 4.78 is 26.9. The monoisotopic (exact) mass is 316 g/mol. The van der Waals surface area contributed by atoms with Crippen LogP contribution in [0.4, 0.5) is 0 Å². The van der Waals surface area contributed by atoms with E-state index < -0.39 is 10.0 Å². The van der Waals surface area contributed by atoms with Gasteiger partial charge >= 0.3 is 0 Å². The second-order valence-electron chi connectivity index (χ2n) is 4.49. The minimum absolute atomic E-state index is 0.172. The van der Waals surface area contributed by atoms with Gasteiger partial charge in [-0.2, -0.15) is 4.31 Å². The third-order valence-electron chi connectivity index (χ3n) is 2.93. The average Bonchev–Trinajstić information content (AvgIpc) is 2.82. The number of aromatic amines is 1. The van der Waals surface area contributed by atoms with Crippen molar-refractivity contribution in [2.75, 3.05) is 13.1 Å². The minimum Gasteiger partial charge on any atom is -0.343 e. The molecule has 0 radical (unpaired) electrons. The van der Waals surface area contributed by atoms with Crippen molar-refractivity contribution in [2.45, 2.75) is 31.6 Å². The second-order valence-corrected chi connectivity index (χ2v) is 6.78. The summed E-state index contributed by atoms with van der Waals surface area (Å²) in [6, 6.07) is 1.52. The molecule has 0 aliphatic rings. The maximum atomic E-state index is 12.7. The number of sulfonamides is 1. The molecule has 1 N–H and O–H groups in total. The average molecular weight is 317 g/mol. The first-order valence-electron chi connectivity index (χ1n) is 6.51. The van der Waals surface area contributed by atoms with Gasteiger partial charge in [0.25, 0.3) is 0 Å². The van der Waals surface area contributed by atoms with Gasteiger partial charge in [-0.05, 0) is 18.9 Å². The molecular weight excluding hydrogens is 300 g/mol. The molecule has 20 heavy (non-hydrogen) atoms. The molecule has 6 nitrogen and oxygen atoms in total. The Morgan fingerprint density at radius 2 is 1.90 bits per heavy atom. The maximum Gasteiger partial charge on any atom is 0.245 e. The topological polar surface area (TPSA) is 79.0 Å². The van der Waals surface area contributed by atoms with Crippen molar-refractivity contribution in [1.82, 2.24) is 19.5 Å². The Bertz CT molecular complexity index is 693. The van der Waals surface area contributed by atoms with E-state index >= 15 is 0 Å². The first kappa shape index (κ1) is 15.2. The zero-order chi connectivity index (χ0) is 14.8. The predicted octanol–water partition coefficient (Wildman–Crippen LogP) is 2.42. The first-order valence-corrected chi connectivity index (χ1v) is 8.33. The Balaban J connectivity index is 2.52. The Labute approximate surface area is 123 Å². The molecule has 2 aromatic rings. The van der Waals surface area contributed by atoms with E-state index in [4.69, 9.17) is 11.6 Å². The van der Waals surface area contributed by atoms with Gasteiger partial charge in [0, 0.05) is 24.7 Å². The molecule has 0 saturated carbocycles. The number of nitrogens with one attached hydrogen (secondary N) is 1. The van der Waals surface area contributed by atoms with Crippen LogP contribution in [0.15, 0.2) is 17.2 Å². The van der Waals surface area contributed by atoms with E-state index in [-0.39, 0.29) is 10.0 Å². The number of hydrogen-bond acceptors (Lipinski definition) is 4. The number of fused-ring (bicyclic) bond motifs is 1. The lowest BCUT2D eigenvalue weighted by Gasteiger charge is -2.20. The number of aromatic nitrogens is 3. The van der Waals surface area contributed by atoms with Crippen LogP contribution in [0.25, 0.3) is 11.0 Å². The van der Waals surface area contributed by atoms with Gasteiger partial charge in [-0.15, -0.1) is 10.2 Å². The number of hydrogen-bond donors (Lipinski definition) is 1. The number of rotatable bonds is 6. The van der Waals surface area contributed by atoms with Crippen LogP contribution in [0.5, 0.6) is 0 Å². The molecule has 0 fully saturated rings. The highest BCUT2D eigenvalue weighted by atomic mass is 35.5. The van der Waals surface area contributed by atoms with E-state index in [1.807, 2.05) is 13.8 Å². The lowest BCUT2D eigenvalue weighted by molar-refractivity contribution is 0.410. The van der Waals surface area contributed by atoms with Crippen molar-refractivity contribution in [1.29, 1.82) is 0 Å². The van der Waals surface area contributed by atoms with E-state index in [9.17, 15) is 8.42 Å². The molecule has 2 aromatic heterocycles. The van der Waals surface area contributed by atoms with Gasteiger partial charge in [-0.1, -0.05) is 25.4 Å². The van der Waals surface area contributed by atoms with Crippen molar-refractivity contribution < 1.29 is 8.42 Å². The SMILES string of the molecule is CCCN(CCC)S(=O)(=O)c1c[nH]c2nnc(Cl)cc12. The van der Waals surface area contributed by atoms with Gasteiger partial charge in [0.1, 0.15) is 4.90 Å². The molecule has 0 saturated heterocycles. The summed E-state index contributed by atoms with van der Waals surface area (Å²) in [7, 11) is -3.55. The molecular formula is C12H17ClN4O2S. The van der Waals surface area contributed by atoms with Gasteiger partial charge in [0.2, 0.25) is 10.0 Å². The van der Waals surface area contributed by atoms with E-state index in [0.717, 1.165) is 12.8 Å². The summed E-state index contributed by atoms with van der Waals surface area (Å²) in [6.07, 6.45) is 2.98. The van der Waals surface area contributed by atoms with Crippen molar-refractivity contribution in [3.63, 3.8) is 0 Å². The minimum atomic E-state index is -3.55. The Morgan fingerprint density at radius 3 is 2.50 bits per heavy atom. The fourth-order valence-corrected chi connectivity index (χ4v) is 3.99. The number of nitrogens with zero attached hydrogens (tertiary/aromatic N) is 3. The van der Waals surface area contributed by atoms with Crippen LogP contribution >= 0.6 is 11.6 Å². The van der Waals surface area contributed by atoms with E-state index in [0.29, 0.717) is 24.1 Å². The Kier molecular flexibility index (Phi) is 4.62. The molecule has 8 heteroatoms. The summed E-state index contributed by atoms with van der Waals surface area (Å²) in [5.74, 6) is 0. The van der Waals surface area contributed by atoms with Gasteiger partial charge in [0.05, 0.1) is 0 Å². The normalized spacial score (nSPS) is 12.4. The third-order valence-corrected chi connectivity index (χ3v) is 5.06. The summed E-state index contributed by atoms with van der Waals surface area (Å²) in [5.41, 5.74) is 0.418. The highest BCUT2D eigenvalue weighted by molar-refractivity contribution is 7.89. The van der Waals surface area contributed by atoms with Crippen LogP contribution in [0.2, 0.25) is 5.15 Å². The van der Waals surface area contributed by atoms with Crippen LogP contribution in [0, 0.1) is 0 Å². The van der Waals surface area contributed by atoms with Gasteiger partial charge < -0.3 is 4.98 Å². The number of H-pyrrole nitrogens is 1. The summed E-state index contributed by atoms with van der Waals surface area (Å²) in [4.78, 5) is 3.02. The predicted molar refractivity (Wildman–Crippen MR) is 78.2 cm³/mol. The van der Waals surface area contributed by atoms with Crippen LogP contribution in [-0.4, -0.2) is 41.0 Å². The summed E-state index contributed by atoms with van der Waals surface area (Å²) in [5, 5.41) is 8.19. The van der Waals surface area contributed by atoms with Gasteiger partial charge in [0.15, 0.2) is 10.8 Å². The Hall–Kier alpha value is -1.18. The third kappa shape index (κ3) is 2.79. The van der Waals surface area contributed by atoms with Crippen molar-refractivity contribution >= 4 is 32.7 Å². The van der Waals surface area contributed by atoms with Gasteiger partial charge in [-0.3, -0.25) is 0 Å². The van der Waals surface area contributed by atoms with Crippen LogP contribution in [-0.2, 0) is 10.0 Å². The van der Waals surface area contributed by atoms with Crippen LogP contribution in [0.3, 0.4) is 0 Å². The molecule has 110 valence electrons. The summed E-state index contributed by atoms with van der Waals surface area (Å²) in [6.45, 7) is 4.90. The van der Waals surface area contributed by atoms with Crippen LogP contribution < -0.4 is 0 Å². The van der Waals surface area contributed by atoms with Crippen molar-refractivity contribution in [3.05, 3.63) is 17.4 Å².